The van der Waals surface area contributed by atoms with E-state index in [1.165, 1.54) is 44.1 Å². The van der Waals surface area contributed by atoms with E-state index in [-0.39, 0.29) is 0 Å². The fourth-order valence-corrected chi connectivity index (χ4v) is 2.69. The molecule has 2 saturated carbocycles. The van der Waals surface area contributed by atoms with E-state index in [4.69, 9.17) is 9.15 Å². The van der Waals surface area contributed by atoms with Crippen LogP contribution in [0.25, 0.3) is 0 Å². The van der Waals surface area contributed by atoms with Crippen LogP contribution in [0.4, 0.5) is 0 Å². The maximum Gasteiger partial charge on any atom is 0.123 e. The largest absolute Gasteiger partial charge is 0.468 e. The average Bonchev–Trinajstić information content (AvgIpc) is 2.89. The van der Waals surface area contributed by atoms with Crippen LogP contribution >= 0.6 is 0 Å². The molecule has 2 aliphatic rings. The van der Waals surface area contributed by atoms with Gasteiger partial charge in [0.05, 0.1) is 19.4 Å². The molecule has 3 rings (SSSR count). The topological polar surface area (TPSA) is 34.4 Å². The number of rotatable bonds is 7. The van der Waals surface area contributed by atoms with Crippen molar-refractivity contribution in [2.75, 3.05) is 6.61 Å². The number of furan rings is 1. The fraction of sp³-hybridized carbons (Fsp3) is 0.733. The van der Waals surface area contributed by atoms with Crippen molar-refractivity contribution in [3.05, 3.63) is 23.7 Å². The Labute approximate surface area is 109 Å². The lowest BCUT2D eigenvalue weighted by Gasteiger charge is -2.10. The molecule has 1 heterocycles. The highest BCUT2D eigenvalue weighted by Gasteiger charge is 2.21. The van der Waals surface area contributed by atoms with Crippen LogP contribution < -0.4 is 5.32 Å². The first-order valence-electron chi connectivity index (χ1n) is 7.28. The molecule has 100 valence electrons. The smallest absolute Gasteiger partial charge is 0.123 e. The van der Waals surface area contributed by atoms with Gasteiger partial charge >= 0.3 is 0 Å². The third-order valence-electron chi connectivity index (χ3n) is 4.05. The van der Waals surface area contributed by atoms with E-state index in [9.17, 15) is 0 Å². The second kappa shape index (κ2) is 5.89. The molecule has 0 unspecified atom stereocenters. The van der Waals surface area contributed by atoms with Crippen molar-refractivity contribution >= 4 is 0 Å². The quantitative estimate of drug-likeness (QED) is 0.805. The molecule has 0 amide bonds. The van der Waals surface area contributed by atoms with Gasteiger partial charge in [0.25, 0.3) is 0 Å². The zero-order chi connectivity index (χ0) is 12.2. The van der Waals surface area contributed by atoms with Crippen molar-refractivity contribution in [3.8, 4) is 0 Å². The van der Waals surface area contributed by atoms with Crippen LogP contribution in [0, 0.1) is 5.92 Å². The van der Waals surface area contributed by atoms with Crippen molar-refractivity contribution in [2.45, 2.75) is 57.7 Å². The van der Waals surface area contributed by atoms with Crippen molar-refractivity contribution in [1.29, 1.82) is 0 Å². The Morgan fingerprint density at radius 2 is 2.06 bits per heavy atom. The Hall–Kier alpha value is -0.800. The van der Waals surface area contributed by atoms with Gasteiger partial charge in [-0.3, -0.25) is 0 Å². The molecular weight excluding hydrogens is 226 g/mol. The normalized spacial score (nSPS) is 20.7. The number of hydrogen-bond acceptors (Lipinski definition) is 3. The molecule has 2 fully saturated rings. The summed E-state index contributed by atoms with van der Waals surface area (Å²) in [5.41, 5.74) is 1.21. The third-order valence-corrected chi connectivity index (χ3v) is 4.05. The van der Waals surface area contributed by atoms with Gasteiger partial charge in [0.1, 0.15) is 5.76 Å². The summed E-state index contributed by atoms with van der Waals surface area (Å²) in [4.78, 5) is 0. The zero-order valence-corrected chi connectivity index (χ0v) is 11.0. The first-order chi connectivity index (χ1) is 8.92. The minimum atomic E-state index is 0.703. The lowest BCUT2D eigenvalue weighted by atomic mass is 10.1. The monoisotopic (exact) mass is 249 g/mol. The molecule has 1 aromatic rings. The van der Waals surface area contributed by atoms with E-state index in [2.05, 4.69) is 5.32 Å². The van der Waals surface area contributed by atoms with Crippen LogP contribution in [0.2, 0.25) is 0 Å². The highest BCUT2D eigenvalue weighted by atomic mass is 16.5. The summed E-state index contributed by atoms with van der Waals surface area (Å²) >= 11 is 0. The Morgan fingerprint density at radius 3 is 2.83 bits per heavy atom. The van der Waals surface area contributed by atoms with Crippen molar-refractivity contribution < 1.29 is 9.15 Å². The summed E-state index contributed by atoms with van der Waals surface area (Å²) in [6.45, 7) is 2.47. The summed E-state index contributed by atoms with van der Waals surface area (Å²) in [7, 11) is 0. The second-order valence-corrected chi connectivity index (χ2v) is 5.69. The van der Waals surface area contributed by atoms with Gasteiger partial charge in [0, 0.05) is 18.2 Å². The Balaban J connectivity index is 1.41. The molecule has 0 radical (unpaired) electrons. The molecule has 0 bridgehead atoms. The van der Waals surface area contributed by atoms with Gasteiger partial charge in [0.2, 0.25) is 0 Å². The van der Waals surface area contributed by atoms with Crippen molar-refractivity contribution in [1.82, 2.24) is 5.32 Å². The minimum absolute atomic E-state index is 0.703. The Bertz CT molecular complexity index is 364. The lowest BCUT2D eigenvalue weighted by molar-refractivity contribution is 0.0878. The highest BCUT2D eigenvalue weighted by molar-refractivity contribution is 5.16. The van der Waals surface area contributed by atoms with Gasteiger partial charge in [-0.2, -0.15) is 0 Å². The molecular formula is C15H23NO2. The molecule has 3 heteroatoms. The van der Waals surface area contributed by atoms with Crippen LogP contribution in [0.3, 0.4) is 0 Å². The molecule has 0 saturated heterocycles. The SMILES string of the molecule is c1cc(COCC2CCCC2)c(CNC2CC2)o1. The van der Waals surface area contributed by atoms with Crippen LogP contribution in [0.15, 0.2) is 16.7 Å². The zero-order valence-electron chi connectivity index (χ0n) is 11.0. The van der Waals surface area contributed by atoms with Crippen LogP contribution in [0.1, 0.15) is 49.8 Å². The summed E-state index contributed by atoms with van der Waals surface area (Å²) in [5, 5.41) is 3.48. The van der Waals surface area contributed by atoms with Gasteiger partial charge in [-0.25, -0.2) is 0 Å². The predicted molar refractivity (Wildman–Crippen MR) is 70.2 cm³/mol. The Morgan fingerprint density at radius 1 is 1.22 bits per heavy atom. The second-order valence-electron chi connectivity index (χ2n) is 5.69. The molecule has 18 heavy (non-hydrogen) atoms. The van der Waals surface area contributed by atoms with Crippen LogP contribution in [0.5, 0.6) is 0 Å². The van der Waals surface area contributed by atoms with Gasteiger partial charge in [-0.05, 0) is 37.7 Å². The van der Waals surface area contributed by atoms with E-state index in [0.29, 0.717) is 6.61 Å². The number of ether oxygens (including phenoxy) is 1. The molecule has 0 atom stereocenters. The molecule has 1 N–H and O–H groups in total. The van der Waals surface area contributed by atoms with Gasteiger partial charge in [0.15, 0.2) is 0 Å². The lowest BCUT2D eigenvalue weighted by Crippen LogP contribution is -2.16. The van der Waals surface area contributed by atoms with E-state index in [1.54, 1.807) is 6.26 Å². The molecule has 0 aliphatic heterocycles. The van der Waals surface area contributed by atoms with Gasteiger partial charge < -0.3 is 14.5 Å². The van der Waals surface area contributed by atoms with Crippen molar-refractivity contribution in [3.63, 3.8) is 0 Å². The van der Waals surface area contributed by atoms with E-state index < -0.39 is 0 Å². The highest BCUT2D eigenvalue weighted by Crippen LogP contribution is 2.25. The summed E-state index contributed by atoms with van der Waals surface area (Å²) in [5.74, 6) is 1.85. The van der Waals surface area contributed by atoms with Crippen LogP contribution in [-0.4, -0.2) is 12.6 Å². The summed E-state index contributed by atoms with van der Waals surface area (Å²) < 4.78 is 11.4. The summed E-state index contributed by atoms with van der Waals surface area (Å²) in [6, 6.07) is 2.76. The third kappa shape index (κ3) is 3.36. The van der Waals surface area contributed by atoms with E-state index in [0.717, 1.165) is 30.9 Å². The molecule has 0 spiro atoms. The molecule has 3 nitrogen and oxygen atoms in total. The van der Waals surface area contributed by atoms with E-state index in [1.807, 2.05) is 6.07 Å². The average molecular weight is 249 g/mol. The van der Waals surface area contributed by atoms with Crippen molar-refractivity contribution in [2.24, 2.45) is 5.92 Å². The molecule has 2 aliphatic carbocycles. The van der Waals surface area contributed by atoms with Crippen LogP contribution in [-0.2, 0) is 17.9 Å². The van der Waals surface area contributed by atoms with Gasteiger partial charge in [-0.1, -0.05) is 12.8 Å². The number of nitrogens with one attached hydrogen (secondary N) is 1. The minimum Gasteiger partial charge on any atom is -0.468 e. The molecule has 1 aromatic heterocycles. The maximum absolute atomic E-state index is 5.84. The predicted octanol–water partition coefficient (Wildman–Crippen LogP) is 3.24. The maximum atomic E-state index is 5.84. The van der Waals surface area contributed by atoms with Gasteiger partial charge in [-0.15, -0.1) is 0 Å². The summed E-state index contributed by atoms with van der Waals surface area (Å²) in [6.07, 6.45) is 9.87. The first kappa shape index (κ1) is 12.2. The first-order valence-corrected chi connectivity index (χ1v) is 7.28. The number of hydrogen-bond donors (Lipinski definition) is 1. The Kier molecular flexibility index (Phi) is 4.01. The standard InChI is InChI=1S/C15H23NO2/c1-2-4-12(3-1)10-17-11-13-7-8-18-15(13)9-16-14-5-6-14/h7-8,12,14,16H,1-6,9-11H2. The molecule has 0 aromatic carbocycles. The fourth-order valence-electron chi connectivity index (χ4n) is 2.69. The van der Waals surface area contributed by atoms with E-state index >= 15 is 0 Å².